The van der Waals surface area contributed by atoms with Gasteiger partial charge in [-0.3, -0.25) is 0 Å². The Balaban J connectivity index is 1.71. The molecule has 1 saturated heterocycles. The normalized spacial score (nSPS) is 17.9. The third-order valence-corrected chi connectivity index (χ3v) is 3.75. The molecule has 1 aliphatic heterocycles. The molecule has 0 unspecified atom stereocenters. The summed E-state index contributed by atoms with van der Waals surface area (Å²) in [7, 11) is 2.10. The van der Waals surface area contributed by atoms with Crippen LogP contribution in [0.25, 0.3) is 10.9 Å². The molecule has 1 N–H and O–H groups in total. The Morgan fingerprint density at radius 3 is 2.83 bits per heavy atom. The van der Waals surface area contributed by atoms with Crippen molar-refractivity contribution >= 4 is 10.9 Å². The summed E-state index contributed by atoms with van der Waals surface area (Å²) >= 11 is 0. The summed E-state index contributed by atoms with van der Waals surface area (Å²) in [5, 5.41) is 4.91. The number of nitrogens with one attached hydrogen (secondary N) is 1. The summed E-state index contributed by atoms with van der Waals surface area (Å²) < 4.78 is 7.47. The first-order valence-electron chi connectivity index (χ1n) is 6.49. The topological polar surface area (TPSA) is 26.2 Å². The number of aromatic nitrogens is 1. The fourth-order valence-corrected chi connectivity index (χ4v) is 2.62. The molecule has 1 aromatic heterocycles. The van der Waals surface area contributed by atoms with Crippen molar-refractivity contribution in [3.05, 3.63) is 36.0 Å². The maximum atomic E-state index is 5.27. The molecule has 0 amide bonds. The number of fused-ring (bicyclic) bond motifs is 1. The lowest BCUT2D eigenvalue weighted by atomic mass is 9.89. The van der Waals surface area contributed by atoms with Gasteiger partial charge in [0.15, 0.2) is 0 Å². The number of hydrogen-bond acceptors (Lipinski definition) is 2. The predicted octanol–water partition coefficient (Wildman–Crippen LogP) is 2.30. The second kappa shape index (κ2) is 4.41. The molecule has 0 bridgehead atoms. The van der Waals surface area contributed by atoms with Gasteiger partial charge in [-0.1, -0.05) is 25.1 Å². The van der Waals surface area contributed by atoms with Crippen LogP contribution in [0.15, 0.2) is 30.5 Å². The van der Waals surface area contributed by atoms with Crippen LogP contribution in [0.1, 0.15) is 12.5 Å². The van der Waals surface area contributed by atoms with Crippen LogP contribution in [0.5, 0.6) is 0 Å². The van der Waals surface area contributed by atoms with Gasteiger partial charge in [-0.05, 0) is 11.6 Å². The van der Waals surface area contributed by atoms with Crippen molar-refractivity contribution in [3.8, 4) is 0 Å². The van der Waals surface area contributed by atoms with Crippen LogP contribution in [0, 0.1) is 5.41 Å². The first-order chi connectivity index (χ1) is 8.68. The van der Waals surface area contributed by atoms with Crippen molar-refractivity contribution in [2.45, 2.75) is 13.5 Å². The maximum absolute atomic E-state index is 5.27. The first kappa shape index (κ1) is 11.8. The SMILES string of the molecule is Cn1cc(CNCC2(C)COC2)c2ccccc21. The van der Waals surface area contributed by atoms with Crippen LogP contribution in [-0.2, 0) is 18.3 Å². The van der Waals surface area contributed by atoms with E-state index in [9.17, 15) is 0 Å². The van der Waals surface area contributed by atoms with E-state index >= 15 is 0 Å². The molecule has 0 aliphatic carbocycles. The molecule has 2 heterocycles. The maximum Gasteiger partial charge on any atom is 0.0554 e. The number of rotatable bonds is 4. The zero-order valence-corrected chi connectivity index (χ0v) is 11.1. The van der Waals surface area contributed by atoms with Gasteiger partial charge in [0.2, 0.25) is 0 Å². The Kier molecular flexibility index (Phi) is 2.88. The lowest BCUT2D eigenvalue weighted by Crippen LogP contribution is -2.47. The van der Waals surface area contributed by atoms with Crippen LogP contribution >= 0.6 is 0 Å². The van der Waals surface area contributed by atoms with Crippen LogP contribution in [0.4, 0.5) is 0 Å². The summed E-state index contributed by atoms with van der Waals surface area (Å²) in [4.78, 5) is 0. The number of ether oxygens (including phenoxy) is 1. The highest BCUT2D eigenvalue weighted by atomic mass is 16.5. The van der Waals surface area contributed by atoms with E-state index in [1.165, 1.54) is 16.5 Å². The van der Waals surface area contributed by atoms with Gasteiger partial charge in [-0.2, -0.15) is 0 Å². The third kappa shape index (κ3) is 2.04. The first-order valence-corrected chi connectivity index (χ1v) is 6.49. The van der Waals surface area contributed by atoms with E-state index in [2.05, 4.69) is 54.3 Å². The number of nitrogens with zero attached hydrogens (tertiary/aromatic N) is 1. The lowest BCUT2D eigenvalue weighted by molar-refractivity contribution is -0.0991. The molecule has 0 saturated carbocycles. The van der Waals surface area contributed by atoms with E-state index in [1.807, 2.05) is 0 Å². The fraction of sp³-hybridized carbons (Fsp3) is 0.467. The summed E-state index contributed by atoms with van der Waals surface area (Å²) in [6.45, 7) is 5.99. The van der Waals surface area contributed by atoms with Gasteiger partial charge in [-0.15, -0.1) is 0 Å². The van der Waals surface area contributed by atoms with E-state index < -0.39 is 0 Å². The third-order valence-electron chi connectivity index (χ3n) is 3.75. The lowest BCUT2D eigenvalue weighted by Gasteiger charge is -2.38. The molecule has 1 aliphatic rings. The van der Waals surface area contributed by atoms with Gasteiger partial charge in [0.1, 0.15) is 0 Å². The highest BCUT2D eigenvalue weighted by Crippen LogP contribution is 2.26. The Bertz CT molecular complexity index is 555. The van der Waals surface area contributed by atoms with Crippen molar-refractivity contribution in [3.63, 3.8) is 0 Å². The highest BCUT2D eigenvalue weighted by molar-refractivity contribution is 5.83. The molecule has 3 rings (SSSR count). The minimum absolute atomic E-state index is 0.338. The Morgan fingerprint density at radius 2 is 2.11 bits per heavy atom. The molecular weight excluding hydrogens is 224 g/mol. The quantitative estimate of drug-likeness (QED) is 0.893. The van der Waals surface area contributed by atoms with Crippen LogP contribution < -0.4 is 5.32 Å². The van der Waals surface area contributed by atoms with Gasteiger partial charge < -0.3 is 14.6 Å². The molecule has 3 heteroatoms. The molecule has 1 aromatic carbocycles. The van der Waals surface area contributed by atoms with Gasteiger partial charge in [0.25, 0.3) is 0 Å². The Morgan fingerprint density at radius 1 is 1.33 bits per heavy atom. The van der Waals surface area contributed by atoms with Crippen molar-refractivity contribution in [1.29, 1.82) is 0 Å². The van der Waals surface area contributed by atoms with Crippen molar-refractivity contribution in [1.82, 2.24) is 9.88 Å². The number of hydrogen-bond donors (Lipinski definition) is 1. The molecule has 0 atom stereocenters. The molecule has 0 spiro atoms. The van der Waals surface area contributed by atoms with E-state index in [0.717, 1.165) is 26.3 Å². The largest absolute Gasteiger partial charge is 0.380 e. The van der Waals surface area contributed by atoms with Gasteiger partial charge >= 0.3 is 0 Å². The van der Waals surface area contributed by atoms with E-state index in [4.69, 9.17) is 4.74 Å². The van der Waals surface area contributed by atoms with Gasteiger partial charge in [0.05, 0.1) is 13.2 Å². The monoisotopic (exact) mass is 244 g/mol. The molecule has 3 nitrogen and oxygen atoms in total. The predicted molar refractivity (Wildman–Crippen MR) is 73.6 cm³/mol. The number of aryl methyl sites for hydroxylation is 1. The average molecular weight is 244 g/mol. The number of para-hydroxylation sites is 1. The standard InChI is InChI=1S/C15H20N2O/c1-15(10-18-11-15)9-16-7-12-8-17(2)14-6-4-3-5-13(12)14/h3-6,8,16H,7,9-11H2,1-2H3. The zero-order valence-electron chi connectivity index (χ0n) is 11.1. The van der Waals surface area contributed by atoms with Crippen molar-refractivity contribution in [2.75, 3.05) is 19.8 Å². The van der Waals surface area contributed by atoms with Crippen LogP contribution in [-0.4, -0.2) is 24.3 Å². The van der Waals surface area contributed by atoms with Crippen molar-refractivity contribution in [2.24, 2.45) is 12.5 Å². The number of benzene rings is 1. The molecule has 1 fully saturated rings. The minimum Gasteiger partial charge on any atom is -0.380 e. The average Bonchev–Trinajstić information content (AvgIpc) is 2.65. The van der Waals surface area contributed by atoms with Crippen molar-refractivity contribution < 1.29 is 4.74 Å². The van der Waals surface area contributed by atoms with E-state index in [1.54, 1.807) is 0 Å². The smallest absolute Gasteiger partial charge is 0.0554 e. The second-order valence-corrected chi connectivity index (χ2v) is 5.69. The highest BCUT2D eigenvalue weighted by Gasteiger charge is 2.32. The summed E-state index contributed by atoms with van der Waals surface area (Å²) in [5.74, 6) is 0. The van der Waals surface area contributed by atoms with Crippen LogP contribution in [0.3, 0.4) is 0 Å². The fourth-order valence-electron chi connectivity index (χ4n) is 2.62. The summed E-state index contributed by atoms with van der Waals surface area (Å²) in [6.07, 6.45) is 2.22. The van der Waals surface area contributed by atoms with E-state index in [-0.39, 0.29) is 0 Å². The van der Waals surface area contributed by atoms with E-state index in [0.29, 0.717) is 5.41 Å². The minimum atomic E-state index is 0.338. The Labute approximate surface area is 108 Å². The molecule has 2 aromatic rings. The molecule has 0 radical (unpaired) electrons. The molecule has 96 valence electrons. The summed E-state index contributed by atoms with van der Waals surface area (Å²) in [5.41, 5.74) is 3.01. The van der Waals surface area contributed by atoms with Crippen LogP contribution in [0.2, 0.25) is 0 Å². The van der Waals surface area contributed by atoms with Gasteiger partial charge in [0, 0.05) is 42.7 Å². The zero-order chi connectivity index (χ0) is 12.6. The molecule has 18 heavy (non-hydrogen) atoms. The molecular formula is C15H20N2O. The summed E-state index contributed by atoms with van der Waals surface area (Å²) in [6, 6.07) is 8.56. The van der Waals surface area contributed by atoms with Gasteiger partial charge in [-0.25, -0.2) is 0 Å². The Hall–Kier alpha value is -1.32. The second-order valence-electron chi connectivity index (χ2n) is 5.69.